The highest BCUT2D eigenvalue weighted by molar-refractivity contribution is 6.30. The van der Waals surface area contributed by atoms with Crippen LogP contribution < -0.4 is 10.1 Å². The van der Waals surface area contributed by atoms with Crippen LogP contribution in [0.15, 0.2) is 42.6 Å². The van der Waals surface area contributed by atoms with Gasteiger partial charge in [-0.2, -0.15) is 0 Å². The van der Waals surface area contributed by atoms with E-state index >= 15 is 0 Å². The van der Waals surface area contributed by atoms with Crippen molar-refractivity contribution in [3.8, 4) is 5.75 Å². The Morgan fingerprint density at radius 1 is 1.30 bits per heavy atom. The van der Waals surface area contributed by atoms with Gasteiger partial charge in [0, 0.05) is 18.3 Å². The van der Waals surface area contributed by atoms with Gasteiger partial charge >= 0.3 is 0 Å². The molecule has 1 aromatic heterocycles. The van der Waals surface area contributed by atoms with Crippen LogP contribution in [0.25, 0.3) is 0 Å². The molecule has 1 aliphatic heterocycles. The van der Waals surface area contributed by atoms with E-state index in [1.165, 1.54) is 18.2 Å². The summed E-state index contributed by atoms with van der Waals surface area (Å²) in [5.74, 6) is -0.263. The van der Waals surface area contributed by atoms with Crippen LogP contribution in [0.4, 0.5) is 4.39 Å². The summed E-state index contributed by atoms with van der Waals surface area (Å²) in [6.07, 6.45) is 4.57. The molecule has 0 spiro atoms. The van der Waals surface area contributed by atoms with Crippen LogP contribution in [0.5, 0.6) is 5.75 Å². The molecule has 1 aliphatic rings. The van der Waals surface area contributed by atoms with E-state index < -0.39 is 5.82 Å². The molecular formula is C20H23ClFN3O2. The summed E-state index contributed by atoms with van der Waals surface area (Å²) in [7, 11) is 0. The molecule has 1 aromatic carbocycles. The minimum absolute atomic E-state index is 0.0277. The molecule has 1 saturated heterocycles. The zero-order valence-corrected chi connectivity index (χ0v) is 15.8. The Morgan fingerprint density at radius 2 is 2.19 bits per heavy atom. The van der Waals surface area contributed by atoms with Crippen LogP contribution >= 0.6 is 11.6 Å². The van der Waals surface area contributed by atoms with Crippen molar-refractivity contribution in [1.82, 2.24) is 15.2 Å². The van der Waals surface area contributed by atoms with Crippen LogP contribution in [0.1, 0.15) is 25.0 Å². The van der Waals surface area contributed by atoms with Gasteiger partial charge in [-0.1, -0.05) is 17.7 Å². The lowest BCUT2D eigenvalue weighted by Gasteiger charge is -2.31. The van der Waals surface area contributed by atoms with Crippen LogP contribution in [-0.4, -0.2) is 41.5 Å². The molecule has 2 aromatic rings. The van der Waals surface area contributed by atoms with Crippen LogP contribution in [0.3, 0.4) is 0 Å². The molecule has 144 valence electrons. The normalized spacial score (nSPS) is 17.2. The predicted octanol–water partition coefficient (Wildman–Crippen LogP) is 3.42. The molecule has 7 heteroatoms. The number of pyridine rings is 1. The Morgan fingerprint density at radius 3 is 2.96 bits per heavy atom. The first kappa shape index (κ1) is 19.6. The van der Waals surface area contributed by atoms with Gasteiger partial charge in [0.05, 0.1) is 17.3 Å². The number of hydrogen-bond donors (Lipinski definition) is 1. The SMILES string of the molecule is O=C(COc1ccc(F)c(Cl)c1)N(Cc1ccccn1)C1CCCNCC1. The molecule has 2 heterocycles. The molecule has 3 rings (SSSR count). The van der Waals surface area contributed by atoms with Gasteiger partial charge < -0.3 is 15.0 Å². The van der Waals surface area contributed by atoms with Crippen molar-refractivity contribution in [1.29, 1.82) is 0 Å². The fourth-order valence-electron chi connectivity index (χ4n) is 3.19. The Balaban J connectivity index is 1.69. The van der Waals surface area contributed by atoms with Crippen LogP contribution in [0.2, 0.25) is 5.02 Å². The average Bonchev–Trinajstić information content (AvgIpc) is 2.97. The maximum atomic E-state index is 13.3. The lowest BCUT2D eigenvalue weighted by Crippen LogP contribution is -2.43. The van der Waals surface area contributed by atoms with E-state index in [9.17, 15) is 9.18 Å². The van der Waals surface area contributed by atoms with Gasteiger partial charge in [0.1, 0.15) is 11.6 Å². The Labute approximate surface area is 163 Å². The van der Waals surface area contributed by atoms with Crippen molar-refractivity contribution in [2.24, 2.45) is 0 Å². The van der Waals surface area contributed by atoms with E-state index in [-0.39, 0.29) is 23.6 Å². The van der Waals surface area contributed by atoms with E-state index in [0.29, 0.717) is 12.3 Å². The summed E-state index contributed by atoms with van der Waals surface area (Å²) in [5.41, 5.74) is 0.841. The maximum Gasteiger partial charge on any atom is 0.261 e. The quantitative estimate of drug-likeness (QED) is 0.819. The number of nitrogens with one attached hydrogen (secondary N) is 1. The molecule has 1 amide bonds. The molecule has 1 fully saturated rings. The zero-order valence-electron chi connectivity index (χ0n) is 15.0. The number of nitrogens with zero attached hydrogens (tertiary/aromatic N) is 2. The number of benzene rings is 1. The number of amides is 1. The minimum atomic E-state index is -0.516. The third kappa shape index (κ3) is 5.65. The Hall–Kier alpha value is -2.18. The second kappa shape index (κ2) is 9.67. The van der Waals surface area contributed by atoms with Gasteiger partial charge in [0.25, 0.3) is 5.91 Å². The Kier molecular flexibility index (Phi) is 7.01. The van der Waals surface area contributed by atoms with Gasteiger partial charge in [0.2, 0.25) is 0 Å². The largest absolute Gasteiger partial charge is 0.484 e. The van der Waals surface area contributed by atoms with Crippen LogP contribution in [-0.2, 0) is 11.3 Å². The van der Waals surface area contributed by atoms with Gasteiger partial charge in [-0.05, 0) is 56.6 Å². The summed E-state index contributed by atoms with van der Waals surface area (Å²) in [6.45, 7) is 2.16. The second-order valence-corrected chi connectivity index (χ2v) is 6.95. The molecule has 0 radical (unpaired) electrons. The zero-order chi connectivity index (χ0) is 19.1. The topological polar surface area (TPSA) is 54.5 Å². The van der Waals surface area contributed by atoms with Crippen molar-refractivity contribution in [2.75, 3.05) is 19.7 Å². The monoisotopic (exact) mass is 391 g/mol. The average molecular weight is 392 g/mol. The fraction of sp³-hybridized carbons (Fsp3) is 0.400. The maximum absolute atomic E-state index is 13.3. The number of carbonyl (C=O) groups is 1. The number of rotatable bonds is 6. The van der Waals surface area contributed by atoms with Crippen LogP contribution in [0, 0.1) is 5.82 Å². The fourth-order valence-corrected chi connectivity index (χ4v) is 3.36. The first-order chi connectivity index (χ1) is 13.1. The summed E-state index contributed by atoms with van der Waals surface area (Å²) in [4.78, 5) is 19.1. The summed E-state index contributed by atoms with van der Waals surface area (Å²) in [6, 6.07) is 9.88. The molecule has 27 heavy (non-hydrogen) atoms. The summed E-state index contributed by atoms with van der Waals surface area (Å²) >= 11 is 5.77. The van der Waals surface area contributed by atoms with Crippen molar-refractivity contribution in [2.45, 2.75) is 31.8 Å². The molecular weight excluding hydrogens is 369 g/mol. The number of carbonyl (C=O) groups excluding carboxylic acids is 1. The minimum Gasteiger partial charge on any atom is -0.484 e. The molecule has 0 saturated carbocycles. The van der Waals surface area contributed by atoms with Gasteiger partial charge in [-0.25, -0.2) is 4.39 Å². The molecule has 0 bridgehead atoms. The molecule has 1 N–H and O–H groups in total. The van der Waals surface area contributed by atoms with Crippen molar-refractivity contribution >= 4 is 17.5 Å². The van der Waals surface area contributed by atoms with Gasteiger partial charge in [-0.15, -0.1) is 0 Å². The highest BCUT2D eigenvalue weighted by atomic mass is 35.5. The standard InChI is InChI=1S/C20H23ClFN3O2/c21-18-12-17(6-7-19(18)22)27-14-20(26)25(13-15-4-1-2-10-24-15)16-5-3-9-23-11-8-16/h1-2,4,6-7,10,12,16,23H,3,5,8-9,11,13-14H2. The molecule has 0 aliphatic carbocycles. The number of hydrogen-bond acceptors (Lipinski definition) is 4. The van der Waals surface area contributed by atoms with Crippen molar-refractivity contribution in [3.63, 3.8) is 0 Å². The Bertz CT molecular complexity index is 752. The van der Waals surface area contributed by atoms with E-state index in [1.807, 2.05) is 23.1 Å². The smallest absolute Gasteiger partial charge is 0.261 e. The molecule has 1 atom stereocenters. The van der Waals surface area contributed by atoms with Gasteiger partial charge in [0.15, 0.2) is 6.61 Å². The van der Waals surface area contributed by atoms with E-state index in [4.69, 9.17) is 16.3 Å². The van der Waals surface area contributed by atoms with E-state index in [0.717, 1.165) is 38.0 Å². The first-order valence-corrected chi connectivity index (χ1v) is 9.49. The molecule has 1 unspecified atom stereocenters. The summed E-state index contributed by atoms with van der Waals surface area (Å²) < 4.78 is 18.8. The lowest BCUT2D eigenvalue weighted by molar-refractivity contribution is -0.136. The number of halogens is 2. The highest BCUT2D eigenvalue weighted by Crippen LogP contribution is 2.22. The third-order valence-corrected chi connectivity index (χ3v) is 4.91. The van der Waals surface area contributed by atoms with Gasteiger partial charge in [-0.3, -0.25) is 9.78 Å². The van der Waals surface area contributed by atoms with Crippen molar-refractivity contribution < 1.29 is 13.9 Å². The second-order valence-electron chi connectivity index (χ2n) is 6.54. The number of aromatic nitrogens is 1. The van der Waals surface area contributed by atoms with E-state index in [2.05, 4.69) is 10.3 Å². The first-order valence-electron chi connectivity index (χ1n) is 9.11. The highest BCUT2D eigenvalue weighted by Gasteiger charge is 2.25. The number of ether oxygens (including phenoxy) is 1. The summed E-state index contributed by atoms with van der Waals surface area (Å²) in [5, 5.41) is 3.34. The molecule has 5 nitrogen and oxygen atoms in total. The predicted molar refractivity (Wildman–Crippen MR) is 102 cm³/mol. The van der Waals surface area contributed by atoms with E-state index in [1.54, 1.807) is 6.20 Å². The third-order valence-electron chi connectivity index (χ3n) is 4.62. The van der Waals surface area contributed by atoms with Crippen molar-refractivity contribution in [3.05, 3.63) is 59.1 Å². The lowest BCUT2D eigenvalue weighted by atomic mass is 10.1.